The number of carbonyl (C=O) groups is 1. The normalized spacial score (nSPS) is 29.5. The van der Waals surface area contributed by atoms with Gasteiger partial charge in [-0.05, 0) is 110 Å². The molecule has 6 bridgehead atoms. The molecule has 54 heavy (non-hydrogen) atoms. The van der Waals surface area contributed by atoms with Gasteiger partial charge >= 0.3 is 5.69 Å². The number of aromatic amines is 1. The Morgan fingerprint density at radius 1 is 0.815 bits per heavy atom. The van der Waals surface area contributed by atoms with E-state index >= 15 is 0 Å². The van der Waals surface area contributed by atoms with Crippen molar-refractivity contribution >= 4 is 5.91 Å². The van der Waals surface area contributed by atoms with Gasteiger partial charge in [-0.3, -0.25) is 19.1 Å². The Morgan fingerprint density at radius 2 is 1.37 bits per heavy atom. The summed E-state index contributed by atoms with van der Waals surface area (Å²) < 4.78 is 26.9. The van der Waals surface area contributed by atoms with Crippen LogP contribution < -0.4 is 20.7 Å². The maximum Gasteiger partial charge on any atom is 0.330 e. The van der Waals surface area contributed by atoms with Crippen molar-refractivity contribution in [2.24, 2.45) is 23.2 Å². The number of carbonyl (C=O) groups excluding carboxylic acids is 1. The summed E-state index contributed by atoms with van der Waals surface area (Å²) in [6.07, 6.45) is 9.16. The fraction of sp³-hybridized carbons (Fsp3) is 0.477. The molecule has 0 spiro atoms. The minimum absolute atomic E-state index is 0.0598. The van der Waals surface area contributed by atoms with Crippen molar-refractivity contribution < 1.29 is 23.7 Å². The second kappa shape index (κ2) is 13.3. The molecule has 4 aromatic rings. The van der Waals surface area contributed by atoms with E-state index in [2.05, 4.69) is 17.1 Å². The molecule has 1 N–H and O–H groups in total. The number of amides is 1. The summed E-state index contributed by atoms with van der Waals surface area (Å²) in [5.74, 6) is 3.79. The third-order valence-corrected chi connectivity index (χ3v) is 13.3. The number of H-pyrrole nitrogens is 1. The van der Waals surface area contributed by atoms with E-state index in [9.17, 15) is 14.4 Å². The number of methoxy groups -OCH3 is 2. The maximum atomic E-state index is 14.7. The first kappa shape index (κ1) is 35.1. The predicted molar refractivity (Wildman–Crippen MR) is 203 cm³/mol. The number of ether oxygens (including phenoxy) is 4. The van der Waals surface area contributed by atoms with Crippen molar-refractivity contribution in [1.29, 1.82) is 0 Å². The van der Waals surface area contributed by atoms with Gasteiger partial charge in [-0.25, -0.2) is 4.79 Å². The van der Waals surface area contributed by atoms with E-state index in [0.717, 1.165) is 65.2 Å². The van der Waals surface area contributed by atoms with Gasteiger partial charge < -0.3 is 23.8 Å². The smallest absolute Gasteiger partial charge is 0.330 e. The average molecular weight is 732 g/mol. The van der Waals surface area contributed by atoms with Crippen LogP contribution in [0.1, 0.15) is 79.8 Å². The fourth-order valence-corrected chi connectivity index (χ4v) is 11.3. The van der Waals surface area contributed by atoms with Crippen molar-refractivity contribution in [3.8, 4) is 11.5 Å². The fourth-order valence-electron chi connectivity index (χ4n) is 11.3. The van der Waals surface area contributed by atoms with Gasteiger partial charge in [-0.2, -0.15) is 0 Å². The standard InChI is InChI=1S/C44H49N3O7/c1-28-25-46(41(50)45-39(28)49)40-37-23-43(54-40,26-47(37)38(48)24-42-20-29-17-30(21-42)19-31(18-29)22-42)27-53-44(32-7-5-4-6-8-32,33-9-13-35(51-2)14-10-33)34-11-15-36(52-3)16-12-34/h4-16,25,29-31,37,40H,17-24,26-27H2,1-3H3,(H,45,49,50). The Hall–Kier alpha value is -4.67. The van der Waals surface area contributed by atoms with Crippen LogP contribution in [0.3, 0.4) is 0 Å². The Morgan fingerprint density at radius 3 is 1.93 bits per heavy atom. The van der Waals surface area contributed by atoms with Gasteiger partial charge in [0.1, 0.15) is 22.7 Å². The zero-order chi connectivity index (χ0) is 37.2. The molecule has 0 radical (unpaired) electrons. The summed E-state index contributed by atoms with van der Waals surface area (Å²) in [6.45, 7) is 2.16. The highest BCUT2D eigenvalue weighted by Crippen LogP contribution is 2.62. The van der Waals surface area contributed by atoms with Gasteiger partial charge in [0.25, 0.3) is 5.56 Å². The number of likely N-dealkylation sites (tertiary alicyclic amines) is 1. The molecule has 3 aromatic carbocycles. The average Bonchev–Trinajstić information content (AvgIpc) is 3.74. The summed E-state index contributed by atoms with van der Waals surface area (Å²) in [7, 11) is 3.29. The number of aromatic nitrogens is 2. The van der Waals surface area contributed by atoms with Crippen LogP contribution >= 0.6 is 0 Å². The van der Waals surface area contributed by atoms with Crippen molar-refractivity contribution in [3.63, 3.8) is 0 Å². The van der Waals surface area contributed by atoms with Crippen LogP contribution in [0.5, 0.6) is 11.5 Å². The molecule has 6 fully saturated rings. The van der Waals surface area contributed by atoms with E-state index in [1.165, 1.54) is 23.8 Å². The number of hydrogen-bond acceptors (Lipinski definition) is 7. The monoisotopic (exact) mass is 731 g/mol. The summed E-state index contributed by atoms with van der Waals surface area (Å²) in [5.41, 5.74) is 0.168. The van der Waals surface area contributed by atoms with E-state index in [4.69, 9.17) is 18.9 Å². The lowest BCUT2D eigenvalue weighted by atomic mass is 9.49. The van der Waals surface area contributed by atoms with E-state index in [1.807, 2.05) is 71.6 Å². The van der Waals surface area contributed by atoms with Crippen molar-refractivity contribution in [2.45, 2.75) is 81.8 Å². The minimum atomic E-state index is -1.09. The summed E-state index contributed by atoms with van der Waals surface area (Å²) in [5, 5.41) is 0. The highest BCUT2D eigenvalue weighted by molar-refractivity contribution is 5.78. The van der Waals surface area contributed by atoms with Crippen LogP contribution in [0.25, 0.3) is 0 Å². The first-order valence-electron chi connectivity index (χ1n) is 19.4. The number of nitrogens with one attached hydrogen (secondary N) is 1. The van der Waals surface area contributed by atoms with E-state index in [-0.39, 0.29) is 17.9 Å². The number of morpholine rings is 1. The summed E-state index contributed by atoms with van der Waals surface area (Å²) in [4.78, 5) is 45.0. The third-order valence-electron chi connectivity index (χ3n) is 13.3. The number of aryl methyl sites for hydroxylation is 1. The maximum absolute atomic E-state index is 14.7. The molecular formula is C44H49N3O7. The molecule has 2 saturated heterocycles. The second-order valence-corrected chi connectivity index (χ2v) is 16.9. The van der Waals surface area contributed by atoms with Crippen LogP contribution in [0, 0.1) is 30.1 Å². The second-order valence-electron chi connectivity index (χ2n) is 16.9. The summed E-state index contributed by atoms with van der Waals surface area (Å²) >= 11 is 0. The van der Waals surface area contributed by atoms with Crippen LogP contribution in [-0.4, -0.2) is 59.4 Å². The minimum Gasteiger partial charge on any atom is -0.497 e. The SMILES string of the molecule is COc1ccc(C(OCC23CC(C(n4cc(C)c(=O)[nH]c4=O)O2)N(C(=O)CC24CC5CC(CC(C5)C2)C4)C3)(c2ccccc2)c2ccc(OC)cc2)cc1. The molecule has 3 heterocycles. The molecule has 282 valence electrons. The Bertz CT molecular complexity index is 2060. The van der Waals surface area contributed by atoms with Crippen LogP contribution in [0.2, 0.25) is 0 Å². The molecule has 2 aliphatic heterocycles. The first-order valence-corrected chi connectivity index (χ1v) is 19.4. The Labute approximate surface area is 315 Å². The molecule has 6 aliphatic rings. The van der Waals surface area contributed by atoms with Gasteiger partial charge in [0.2, 0.25) is 5.91 Å². The van der Waals surface area contributed by atoms with Gasteiger partial charge in [0.15, 0.2) is 6.23 Å². The lowest BCUT2D eigenvalue weighted by Crippen LogP contribution is -2.54. The lowest BCUT2D eigenvalue weighted by molar-refractivity contribution is -0.180. The van der Waals surface area contributed by atoms with Crippen molar-refractivity contribution in [1.82, 2.24) is 14.5 Å². The predicted octanol–water partition coefficient (Wildman–Crippen LogP) is 6.35. The van der Waals surface area contributed by atoms with Gasteiger partial charge in [-0.1, -0.05) is 54.6 Å². The zero-order valence-electron chi connectivity index (χ0n) is 31.3. The molecule has 4 aliphatic carbocycles. The number of hydrogen-bond donors (Lipinski definition) is 1. The highest BCUT2D eigenvalue weighted by Gasteiger charge is 2.61. The third kappa shape index (κ3) is 5.89. The van der Waals surface area contributed by atoms with Crippen molar-refractivity contribution in [2.75, 3.05) is 27.4 Å². The van der Waals surface area contributed by atoms with E-state index < -0.39 is 34.7 Å². The van der Waals surface area contributed by atoms with Crippen molar-refractivity contribution in [3.05, 3.63) is 128 Å². The molecule has 4 saturated carbocycles. The Balaban J connectivity index is 1.10. The van der Waals surface area contributed by atoms with E-state index in [0.29, 0.717) is 24.9 Å². The van der Waals surface area contributed by atoms with Crippen LogP contribution in [-0.2, 0) is 19.9 Å². The number of benzene rings is 3. The molecule has 3 atom stereocenters. The Kier molecular flexibility index (Phi) is 8.61. The van der Waals surface area contributed by atoms with Gasteiger partial charge in [0, 0.05) is 24.6 Å². The van der Waals surface area contributed by atoms with Crippen LogP contribution in [0.15, 0.2) is 94.6 Å². The molecule has 10 nitrogen and oxygen atoms in total. The number of fused-ring (bicyclic) bond motifs is 2. The largest absolute Gasteiger partial charge is 0.497 e. The molecule has 10 rings (SSSR count). The first-order chi connectivity index (χ1) is 26.1. The summed E-state index contributed by atoms with van der Waals surface area (Å²) in [6, 6.07) is 25.5. The molecular weight excluding hydrogens is 682 g/mol. The molecule has 10 heteroatoms. The molecule has 3 unspecified atom stereocenters. The number of rotatable bonds is 11. The quantitative estimate of drug-likeness (QED) is 0.179. The van der Waals surface area contributed by atoms with E-state index in [1.54, 1.807) is 27.3 Å². The van der Waals surface area contributed by atoms with Crippen LogP contribution in [0.4, 0.5) is 0 Å². The number of nitrogens with zero attached hydrogens (tertiary/aromatic N) is 2. The molecule has 1 amide bonds. The highest BCUT2D eigenvalue weighted by atomic mass is 16.6. The lowest BCUT2D eigenvalue weighted by Gasteiger charge is -2.57. The molecule has 1 aromatic heterocycles. The van der Waals surface area contributed by atoms with Gasteiger partial charge in [0.05, 0.1) is 33.4 Å². The van der Waals surface area contributed by atoms with Gasteiger partial charge in [-0.15, -0.1) is 0 Å². The zero-order valence-corrected chi connectivity index (χ0v) is 31.3. The topological polar surface area (TPSA) is 112 Å².